The second kappa shape index (κ2) is 6.19. The Morgan fingerprint density at radius 1 is 1.18 bits per heavy atom. The summed E-state index contributed by atoms with van der Waals surface area (Å²) in [6.07, 6.45) is 1.03. The number of hydrazine groups is 1. The molecule has 0 saturated heterocycles. The fourth-order valence-corrected chi connectivity index (χ4v) is 1.56. The van der Waals surface area contributed by atoms with Gasteiger partial charge in [0.05, 0.1) is 7.11 Å². The summed E-state index contributed by atoms with van der Waals surface area (Å²) in [5, 5.41) is 3.18. The quantitative estimate of drug-likeness (QED) is 0.504. The van der Waals surface area contributed by atoms with E-state index in [0.29, 0.717) is 11.9 Å². The summed E-state index contributed by atoms with van der Waals surface area (Å²) >= 11 is 0. The Balaban J connectivity index is 2.75. The van der Waals surface area contributed by atoms with Gasteiger partial charge in [0.15, 0.2) is 0 Å². The molecular formula is C10H20N6O. The molecule has 7 nitrogen and oxygen atoms in total. The molecule has 1 unspecified atom stereocenters. The van der Waals surface area contributed by atoms with Crippen LogP contribution in [0.4, 0.5) is 11.9 Å². The highest BCUT2D eigenvalue weighted by Gasteiger charge is 2.10. The molecule has 1 rings (SSSR count). The first-order valence-electron chi connectivity index (χ1n) is 5.58. The van der Waals surface area contributed by atoms with Crippen molar-refractivity contribution in [3.63, 3.8) is 0 Å². The fraction of sp³-hybridized carbons (Fsp3) is 0.700. The fourth-order valence-electron chi connectivity index (χ4n) is 1.56. The molecule has 0 spiro atoms. The standard InChI is InChI=1S/C10H20N6O/c1-6(2)5-7(3)12-8-13-9(16-11)15-10(14-8)17-4/h6-7H,5,11H2,1-4H3,(H2,12,13,14,15,16). The van der Waals surface area contributed by atoms with Crippen molar-refractivity contribution < 1.29 is 4.74 Å². The smallest absolute Gasteiger partial charge is 0.322 e. The molecule has 1 aromatic heterocycles. The zero-order chi connectivity index (χ0) is 12.8. The van der Waals surface area contributed by atoms with Crippen molar-refractivity contribution in [1.29, 1.82) is 0 Å². The Morgan fingerprint density at radius 3 is 2.35 bits per heavy atom. The lowest BCUT2D eigenvalue weighted by molar-refractivity contribution is 0.379. The van der Waals surface area contributed by atoms with Crippen LogP contribution in [-0.4, -0.2) is 28.1 Å². The second-order valence-electron chi connectivity index (χ2n) is 4.29. The van der Waals surface area contributed by atoms with Gasteiger partial charge >= 0.3 is 6.01 Å². The highest BCUT2D eigenvalue weighted by Crippen LogP contribution is 2.13. The Hall–Kier alpha value is -1.63. The summed E-state index contributed by atoms with van der Waals surface area (Å²) in [4.78, 5) is 12.1. The molecule has 7 heteroatoms. The Morgan fingerprint density at radius 2 is 1.82 bits per heavy atom. The first-order valence-corrected chi connectivity index (χ1v) is 5.58. The van der Waals surface area contributed by atoms with Gasteiger partial charge in [-0.3, -0.25) is 5.43 Å². The van der Waals surface area contributed by atoms with E-state index in [2.05, 4.69) is 46.5 Å². The molecule has 17 heavy (non-hydrogen) atoms. The number of nitrogens with zero attached hydrogens (tertiary/aromatic N) is 3. The first-order chi connectivity index (χ1) is 8.05. The van der Waals surface area contributed by atoms with Gasteiger partial charge in [0.25, 0.3) is 0 Å². The normalized spacial score (nSPS) is 12.4. The van der Waals surface area contributed by atoms with Gasteiger partial charge < -0.3 is 10.1 Å². The van der Waals surface area contributed by atoms with E-state index >= 15 is 0 Å². The molecule has 96 valence electrons. The third-order valence-electron chi connectivity index (χ3n) is 2.13. The van der Waals surface area contributed by atoms with E-state index in [1.54, 1.807) is 0 Å². The van der Waals surface area contributed by atoms with Crippen molar-refractivity contribution in [1.82, 2.24) is 15.0 Å². The average Bonchev–Trinajstić information content (AvgIpc) is 2.27. The zero-order valence-electron chi connectivity index (χ0n) is 10.7. The third-order valence-corrected chi connectivity index (χ3v) is 2.13. The minimum atomic E-state index is 0.229. The number of hydrogen-bond donors (Lipinski definition) is 3. The molecular weight excluding hydrogens is 220 g/mol. The Labute approximate surface area is 101 Å². The Kier molecular flexibility index (Phi) is 4.89. The number of nitrogen functional groups attached to an aromatic ring is 1. The molecule has 1 heterocycles. The van der Waals surface area contributed by atoms with E-state index < -0.39 is 0 Å². The number of nitrogens with one attached hydrogen (secondary N) is 2. The lowest BCUT2D eigenvalue weighted by Crippen LogP contribution is -2.21. The topological polar surface area (TPSA) is 98.0 Å². The molecule has 0 amide bonds. The number of aromatic nitrogens is 3. The minimum absolute atomic E-state index is 0.229. The largest absolute Gasteiger partial charge is 0.467 e. The van der Waals surface area contributed by atoms with Gasteiger partial charge in [-0.15, -0.1) is 0 Å². The predicted octanol–water partition coefficient (Wildman–Crippen LogP) is 1.01. The molecule has 0 saturated carbocycles. The molecule has 4 N–H and O–H groups in total. The maximum Gasteiger partial charge on any atom is 0.322 e. The number of nitrogens with two attached hydrogens (primary N) is 1. The molecule has 0 radical (unpaired) electrons. The summed E-state index contributed by atoms with van der Waals surface area (Å²) in [7, 11) is 1.50. The van der Waals surface area contributed by atoms with Gasteiger partial charge in [0, 0.05) is 6.04 Å². The van der Waals surface area contributed by atoms with Crippen LogP contribution in [0.5, 0.6) is 6.01 Å². The lowest BCUT2D eigenvalue weighted by atomic mass is 10.1. The SMILES string of the molecule is COc1nc(NN)nc(NC(C)CC(C)C)n1. The molecule has 0 fully saturated rings. The highest BCUT2D eigenvalue weighted by molar-refractivity contribution is 5.35. The van der Waals surface area contributed by atoms with E-state index in [-0.39, 0.29) is 18.0 Å². The van der Waals surface area contributed by atoms with Crippen LogP contribution in [0, 0.1) is 5.92 Å². The second-order valence-corrected chi connectivity index (χ2v) is 4.29. The van der Waals surface area contributed by atoms with Crippen LogP contribution in [0.25, 0.3) is 0 Å². The molecule has 1 aromatic rings. The Bertz CT molecular complexity index is 334. The number of hydrogen-bond acceptors (Lipinski definition) is 7. The van der Waals surface area contributed by atoms with E-state index in [0.717, 1.165) is 6.42 Å². The van der Waals surface area contributed by atoms with Gasteiger partial charge in [-0.05, 0) is 19.3 Å². The van der Waals surface area contributed by atoms with Crippen LogP contribution < -0.4 is 21.3 Å². The average molecular weight is 240 g/mol. The van der Waals surface area contributed by atoms with E-state index in [4.69, 9.17) is 10.6 Å². The van der Waals surface area contributed by atoms with Crippen LogP contribution in [0.1, 0.15) is 27.2 Å². The lowest BCUT2D eigenvalue weighted by Gasteiger charge is -2.16. The highest BCUT2D eigenvalue weighted by atomic mass is 16.5. The van der Waals surface area contributed by atoms with E-state index in [1.807, 2.05) is 0 Å². The first kappa shape index (κ1) is 13.4. The van der Waals surface area contributed by atoms with Crippen LogP contribution in [-0.2, 0) is 0 Å². The summed E-state index contributed by atoms with van der Waals surface area (Å²) in [6, 6.07) is 0.500. The number of anilines is 2. The predicted molar refractivity (Wildman–Crippen MR) is 66.7 cm³/mol. The van der Waals surface area contributed by atoms with Gasteiger partial charge in [0.1, 0.15) is 0 Å². The van der Waals surface area contributed by atoms with Gasteiger partial charge in [0.2, 0.25) is 11.9 Å². The minimum Gasteiger partial charge on any atom is -0.467 e. The van der Waals surface area contributed by atoms with E-state index in [9.17, 15) is 0 Å². The third kappa shape index (κ3) is 4.39. The molecule has 0 bridgehead atoms. The van der Waals surface area contributed by atoms with Crippen LogP contribution in [0.2, 0.25) is 0 Å². The molecule has 0 aliphatic carbocycles. The molecule has 1 atom stereocenters. The molecule has 0 aliphatic rings. The summed E-state index contributed by atoms with van der Waals surface area (Å²) < 4.78 is 4.96. The number of ether oxygens (including phenoxy) is 1. The van der Waals surface area contributed by atoms with Gasteiger partial charge in [-0.25, -0.2) is 5.84 Å². The maximum atomic E-state index is 5.27. The van der Waals surface area contributed by atoms with Gasteiger partial charge in [-0.2, -0.15) is 15.0 Å². The van der Waals surface area contributed by atoms with E-state index in [1.165, 1.54) is 7.11 Å². The number of methoxy groups -OCH3 is 1. The summed E-state index contributed by atoms with van der Waals surface area (Å²) in [5.74, 6) is 6.60. The van der Waals surface area contributed by atoms with Crippen LogP contribution in [0.15, 0.2) is 0 Å². The van der Waals surface area contributed by atoms with Crippen molar-refractivity contribution in [2.24, 2.45) is 11.8 Å². The maximum absolute atomic E-state index is 5.27. The van der Waals surface area contributed by atoms with Gasteiger partial charge in [-0.1, -0.05) is 13.8 Å². The monoisotopic (exact) mass is 240 g/mol. The molecule has 0 aromatic carbocycles. The summed E-state index contributed by atoms with van der Waals surface area (Å²) in [5.41, 5.74) is 2.37. The van der Waals surface area contributed by atoms with Crippen molar-refractivity contribution in [2.45, 2.75) is 33.2 Å². The van der Waals surface area contributed by atoms with Crippen LogP contribution in [0.3, 0.4) is 0 Å². The zero-order valence-corrected chi connectivity index (χ0v) is 10.7. The van der Waals surface area contributed by atoms with Crippen molar-refractivity contribution >= 4 is 11.9 Å². The van der Waals surface area contributed by atoms with Crippen molar-refractivity contribution in [3.8, 4) is 6.01 Å². The molecule has 0 aliphatic heterocycles. The number of rotatable bonds is 6. The van der Waals surface area contributed by atoms with Crippen molar-refractivity contribution in [2.75, 3.05) is 17.9 Å². The summed E-state index contributed by atoms with van der Waals surface area (Å²) in [6.45, 7) is 6.41. The van der Waals surface area contributed by atoms with Crippen molar-refractivity contribution in [3.05, 3.63) is 0 Å². The van der Waals surface area contributed by atoms with Crippen LogP contribution >= 0.6 is 0 Å².